The van der Waals surface area contributed by atoms with Gasteiger partial charge in [0.2, 0.25) is 0 Å². The van der Waals surface area contributed by atoms with Gasteiger partial charge in [-0.3, -0.25) is 9.88 Å². The molecular weight excluding hydrogens is 303 g/mol. The number of rotatable bonds is 3. The zero-order valence-corrected chi connectivity index (χ0v) is 13.7. The Labute approximate surface area is 142 Å². The van der Waals surface area contributed by atoms with E-state index >= 15 is 0 Å². The lowest BCUT2D eigenvalue weighted by atomic mass is 9.67. The first-order valence-corrected chi connectivity index (χ1v) is 8.75. The van der Waals surface area contributed by atoms with Crippen LogP contribution in [0.3, 0.4) is 0 Å². The lowest BCUT2D eigenvalue weighted by molar-refractivity contribution is -0.0648. The van der Waals surface area contributed by atoms with Gasteiger partial charge in [-0.2, -0.15) is 0 Å². The molecule has 0 spiro atoms. The second kappa shape index (κ2) is 6.26. The average Bonchev–Trinajstić information content (AvgIpc) is 3.00. The molecule has 2 fully saturated rings. The van der Waals surface area contributed by atoms with Crippen LogP contribution in [-0.4, -0.2) is 28.1 Å². The van der Waals surface area contributed by atoms with Gasteiger partial charge in [0, 0.05) is 37.9 Å². The van der Waals surface area contributed by atoms with E-state index in [4.69, 9.17) is 0 Å². The largest absolute Gasteiger partial charge is 0.385 e. The molecule has 2 aliphatic rings. The highest BCUT2D eigenvalue weighted by Gasteiger charge is 2.49. The third kappa shape index (κ3) is 2.85. The van der Waals surface area contributed by atoms with Crippen LogP contribution in [0.25, 0.3) is 0 Å². The molecule has 1 aromatic carbocycles. The van der Waals surface area contributed by atoms with E-state index in [0.29, 0.717) is 5.92 Å². The molecule has 1 saturated carbocycles. The summed E-state index contributed by atoms with van der Waals surface area (Å²) in [4.78, 5) is 6.61. The molecular formula is C20H23FN2O. The van der Waals surface area contributed by atoms with Crippen LogP contribution in [0.5, 0.6) is 0 Å². The molecule has 1 aliphatic heterocycles. The summed E-state index contributed by atoms with van der Waals surface area (Å²) in [5.74, 6) is 0.471. The van der Waals surface area contributed by atoms with Gasteiger partial charge in [-0.25, -0.2) is 4.39 Å². The number of likely N-dealkylation sites (tertiary alicyclic amines) is 1. The highest BCUT2D eigenvalue weighted by atomic mass is 19.1. The number of aliphatic hydroxyl groups is 1. The summed E-state index contributed by atoms with van der Waals surface area (Å²) < 4.78 is 13.3. The van der Waals surface area contributed by atoms with Crippen molar-refractivity contribution in [2.45, 2.75) is 31.4 Å². The van der Waals surface area contributed by atoms with E-state index in [0.717, 1.165) is 44.5 Å². The molecule has 126 valence electrons. The molecule has 1 aliphatic carbocycles. The van der Waals surface area contributed by atoms with Crippen molar-refractivity contribution in [1.29, 1.82) is 0 Å². The third-order valence-corrected chi connectivity index (χ3v) is 5.74. The Balaban J connectivity index is 1.55. The van der Waals surface area contributed by atoms with Gasteiger partial charge < -0.3 is 5.11 Å². The summed E-state index contributed by atoms with van der Waals surface area (Å²) in [5.41, 5.74) is 1.24. The smallest absolute Gasteiger partial charge is 0.123 e. The van der Waals surface area contributed by atoms with Crippen molar-refractivity contribution in [3.8, 4) is 0 Å². The summed E-state index contributed by atoms with van der Waals surface area (Å²) in [6.45, 7) is 2.77. The van der Waals surface area contributed by atoms with Crippen LogP contribution < -0.4 is 0 Å². The van der Waals surface area contributed by atoms with Gasteiger partial charge in [-0.05, 0) is 54.5 Å². The van der Waals surface area contributed by atoms with Gasteiger partial charge in [0.1, 0.15) is 5.82 Å². The van der Waals surface area contributed by atoms with E-state index in [-0.39, 0.29) is 11.7 Å². The molecule has 3 nitrogen and oxygen atoms in total. The Morgan fingerprint density at radius 1 is 1.21 bits per heavy atom. The van der Waals surface area contributed by atoms with Crippen LogP contribution in [0.2, 0.25) is 0 Å². The maximum atomic E-state index is 13.3. The maximum Gasteiger partial charge on any atom is 0.123 e. The second-order valence-corrected chi connectivity index (χ2v) is 7.25. The normalized spacial score (nSPS) is 30.2. The number of nitrogens with zero attached hydrogens (tertiary/aromatic N) is 2. The van der Waals surface area contributed by atoms with Gasteiger partial charge in [0.15, 0.2) is 0 Å². The zero-order valence-electron chi connectivity index (χ0n) is 13.7. The quantitative estimate of drug-likeness (QED) is 0.940. The number of halogens is 1. The summed E-state index contributed by atoms with van der Waals surface area (Å²) in [7, 11) is 0. The summed E-state index contributed by atoms with van der Waals surface area (Å²) in [5, 5.41) is 11.4. The molecule has 4 heteroatoms. The molecule has 4 rings (SSSR count). The van der Waals surface area contributed by atoms with E-state index in [1.165, 1.54) is 17.7 Å². The van der Waals surface area contributed by atoms with Crippen molar-refractivity contribution < 1.29 is 9.50 Å². The van der Waals surface area contributed by atoms with E-state index in [2.05, 4.69) is 16.0 Å². The Hall–Kier alpha value is -1.78. The number of benzene rings is 1. The zero-order chi connectivity index (χ0) is 16.6. The Bertz CT molecular complexity index is 691. The monoisotopic (exact) mass is 326 g/mol. The van der Waals surface area contributed by atoms with Crippen molar-refractivity contribution >= 4 is 0 Å². The van der Waals surface area contributed by atoms with E-state index in [9.17, 15) is 9.50 Å². The molecule has 0 unspecified atom stereocenters. The first kappa shape index (κ1) is 15.7. The van der Waals surface area contributed by atoms with Crippen LogP contribution in [0.15, 0.2) is 48.8 Å². The molecule has 0 bridgehead atoms. The molecule has 0 amide bonds. The highest BCUT2D eigenvalue weighted by Crippen LogP contribution is 2.48. The Kier molecular flexibility index (Phi) is 4.10. The van der Waals surface area contributed by atoms with Gasteiger partial charge in [-0.1, -0.05) is 18.2 Å². The van der Waals surface area contributed by atoms with Gasteiger partial charge in [-0.15, -0.1) is 0 Å². The molecule has 3 atom stereocenters. The second-order valence-electron chi connectivity index (χ2n) is 7.25. The first-order valence-electron chi connectivity index (χ1n) is 8.75. The SMILES string of the molecule is O[C@]1(c2ccc(F)cc2)CCC[C@H]2CN(Cc3cccnc3)C[C@H]21. The number of hydrogen-bond acceptors (Lipinski definition) is 3. The molecule has 1 saturated heterocycles. The van der Waals surface area contributed by atoms with E-state index < -0.39 is 5.60 Å². The van der Waals surface area contributed by atoms with Crippen molar-refractivity contribution in [3.05, 3.63) is 65.7 Å². The standard InChI is InChI=1S/C20H23FN2O/c21-18-7-5-17(6-8-18)20(24)9-1-4-16-13-23(14-19(16)20)12-15-3-2-10-22-11-15/h2-3,5-8,10-11,16,19,24H,1,4,9,12-14H2/t16-,19+,20-/m0/s1. The number of hydrogen-bond donors (Lipinski definition) is 1. The van der Waals surface area contributed by atoms with Crippen molar-refractivity contribution in [3.63, 3.8) is 0 Å². The molecule has 1 aromatic heterocycles. The molecule has 24 heavy (non-hydrogen) atoms. The van der Waals surface area contributed by atoms with Gasteiger partial charge >= 0.3 is 0 Å². The van der Waals surface area contributed by atoms with Crippen LogP contribution in [0, 0.1) is 17.7 Å². The fraction of sp³-hybridized carbons (Fsp3) is 0.450. The summed E-state index contributed by atoms with van der Waals surface area (Å²) in [6.07, 6.45) is 6.66. The van der Waals surface area contributed by atoms with Gasteiger partial charge in [0.05, 0.1) is 5.60 Å². The lowest BCUT2D eigenvalue weighted by Gasteiger charge is -2.41. The predicted molar refractivity (Wildman–Crippen MR) is 90.6 cm³/mol. The maximum absolute atomic E-state index is 13.3. The lowest BCUT2D eigenvalue weighted by Crippen LogP contribution is -2.42. The number of fused-ring (bicyclic) bond motifs is 1. The van der Waals surface area contributed by atoms with Crippen molar-refractivity contribution in [1.82, 2.24) is 9.88 Å². The summed E-state index contributed by atoms with van der Waals surface area (Å²) in [6, 6.07) is 10.5. The fourth-order valence-electron chi connectivity index (χ4n) is 4.59. The van der Waals surface area contributed by atoms with E-state index in [1.807, 2.05) is 12.3 Å². The minimum absolute atomic E-state index is 0.216. The average molecular weight is 326 g/mol. The minimum atomic E-state index is -0.833. The topological polar surface area (TPSA) is 36.4 Å². The molecule has 2 aromatic rings. The van der Waals surface area contributed by atoms with Crippen LogP contribution in [0.4, 0.5) is 4.39 Å². The molecule has 0 radical (unpaired) electrons. The van der Waals surface area contributed by atoms with Crippen molar-refractivity contribution in [2.24, 2.45) is 11.8 Å². The Morgan fingerprint density at radius 3 is 2.79 bits per heavy atom. The first-order chi connectivity index (χ1) is 11.6. The van der Waals surface area contributed by atoms with Gasteiger partial charge in [0.25, 0.3) is 0 Å². The third-order valence-electron chi connectivity index (χ3n) is 5.74. The van der Waals surface area contributed by atoms with Crippen LogP contribution in [0.1, 0.15) is 30.4 Å². The van der Waals surface area contributed by atoms with Crippen molar-refractivity contribution in [2.75, 3.05) is 13.1 Å². The number of pyridine rings is 1. The summed E-state index contributed by atoms with van der Waals surface area (Å²) >= 11 is 0. The molecule has 1 N–H and O–H groups in total. The van der Waals surface area contributed by atoms with Crippen LogP contribution >= 0.6 is 0 Å². The molecule has 2 heterocycles. The minimum Gasteiger partial charge on any atom is -0.385 e. The number of aromatic nitrogens is 1. The van der Waals surface area contributed by atoms with E-state index in [1.54, 1.807) is 18.3 Å². The Morgan fingerprint density at radius 2 is 2.04 bits per heavy atom. The highest BCUT2D eigenvalue weighted by molar-refractivity contribution is 5.26. The van der Waals surface area contributed by atoms with Crippen LogP contribution in [-0.2, 0) is 12.1 Å². The fourth-order valence-corrected chi connectivity index (χ4v) is 4.59. The predicted octanol–water partition coefficient (Wildman–Crippen LogP) is 3.34.